The van der Waals surface area contributed by atoms with Crippen LogP contribution in [0.2, 0.25) is 0 Å². The second-order valence-corrected chi connectivity index (χ2v) is 9.09. The van der Waals surface area contributed by atoms with Crippen molar-refractivity contribution in [3.8, 4) is 22.9 Å². The number of rotatable bonds is 8. The summed E-state index contributed by atoms with van der Waals surface area (Å²) in [6, 6.07) is 23.7. The maximum atomic E-state index is 14.5. The fourth-order valence-electron chi connectivity index (χ4n) is 3.57. The lowest BCUT2D eigenvalue weighted by molar-refractivity contribution is 0.386. The van der Waals surface area contributed by atoms with Gasteiger partial charge in [0.25, 0.3) is 10.0 Å². The summed E-state index contributed by atoms with van der Waals surface area (Å²) >= 11 is 0. The number of hydrogen-bond acceptors (Lipinski definition) is 5. The van der Waals surface area contributed by atoms with Gasteiger partial charge in [-0.25, -0.2) is 12.8 Å². The van der Waals surface area contributed by atoms with E-state index in [4.69, 9.17) is 4.74 Å². The molecule has 0 aliphatic heterocycles. The Hall–Kier alpha value is -4.16. The van der Waals surface area contributed by atoms with E-state index in [9.17, 15) is 18.1 Å². The minimum absolute atomic E-state index is 0.0325. The number of nitrogens with zero attached hydrogens (tertiary/aromatic N) is 3. The zero-order chi connectivity index (χ0) is 24.1. The molecule has 9 heteroatoms. The van der Waals surface area contributed by atoms with Crippen LogP contribution in [0.1, 0.15) is 11.3 Å². The molecule has 0 radical (unpaired) electrons. The number of nitrogens with one attached hydrogen (secondary N) is 1. The summed E-state index contributed by atoms with van der Waals surface area (Å²) in [4.78, 5) is 0.0409. The Morgan fingerprint density at radius 3 is 2.35 bits per heavy atom. The van der Waals surface area contributed by atoms with Crippen LogP contribution in [0.4, 0.5) is 10.2 Å². The van der Waals surface area contributed by atoms with E-state index in [1.165, 1.54) is 36.1 Å². The summed E-state index contributed by atoms with van der Waals surface area (Å²) in [5.74, 6) is -0.666. The molecule has 4 rings (SSSR count). The van der Waals surface area contributed by atoms with Crippen LogP contribution in [0.25, 0.3) is 11.1 Å². The molecule has 0 amide bonds. The maximum Gasteiger partial charge on any atom is 0.263 e. The number of aromatic nitrogens is 2. The summed E-state index contributed by atoms with van der Waals surface area (Å²) in [6.07, 6.45) is 0.568. The van der Waals surface area contributed by atoms with Crippen LogP contribution >= 0.6 is 0 Å². The molecule has 1 aromatic heterocycles. The fourth-order valence-corrected chi connectivity index (χ4v) is 4.60. The molecule has 0 saturated carbocycles. The highest BCUT2D eigenvalue weighted by Crippen LogP contribution is 2.35. The zero-order valence-corrected chi connectivity index (χ0v) is 19.1. The summed E-state index contributed by atoms with van der Waals surface area (Å²) in [5, 5.41) is 14.4. The first-order valence-corrected chi connectivity index (χ1v) is 11.9. The van der Waals surface area contributed by atoms with Crippen LogP contribution in [0.5, 0.6) is 5.75 Å². The molecule has 1 heterocycles. The molecule has 0 spiro atoms. The highest BCUT2D eigenvalue weighted by atomic mass is 32.2. The highest BCUT2D eigenvalue weighted by molar-refractivity contribution is 7.92. The van der Waals surface area contributed by atoms with Crippen molar-refractivity contribution in [2.24, 2.45) is 0 Å². The lowest BCUT2D eigenvalue weighted by Crippen LogP contribution is -2.14. The quantitative estimate of drug-likeness (QED) is 0.400. The van der Waals surface area contributed by atoms with E-state index in [-0.39, 0.29) is 27.7 Å². The molecule has 7 nitrogen and oxygen atoms in total. The second kappa shape index (κ2) is 9.77. The summed E-state index contributed by atoms with van der Waals surface area (Å²) in [5.41, 5.74) is 1.64. The summed E-state index contributed by atoms with van der Waals surface area (Å²) in [6.45, 7) is 0.325. The lowest BCUT2D eigenvalue weighted by atomic mass is 10.0. The standard InChI is InChI=1S/C25H21FN4O3S/c1-33-23-13-12-19(16-21(23)26)24-22(17-27)30(15-14-18-8-4-2-5-9-18)28-25(24)29-34(31,32)20-10-6-3-7-11-20/h2-13,16H,14-15H2,1H3,(H,28,29). The average Bonchev–Trinajstić information content (AvgIpc) is 3.20. The van der Waals surface area contributed by atoms with E-state index in [0.717, 1.165) is 5.56 Å². The number of anilines is 1. The molecule has 0 aliphatic carbocycles. The van der Waals surface area contributed by atoms with Crippen molar-refractivity contribution in [1.82, 2.24) is 9.78 Å². The van der Waals surface area contributed by atoms with Crippen molar-refractivity contribution in [3.63, 3.8) is 0 Å². The van der Waals surface area contributed by atoms with Gasteiger partial charge < -0.3 is 4.74 Å². The van der Waals surface area contributed by atoms with E-state index in [0.29, 0.717) is 18.5 Å². The normalized spacial score (nSPS) is 11.1. The minimum Gasteiger partial charge on any atom is -0.494 e. The summed E-state index contributed by atoms with van der Waals surface area (Å²) < 4.78 is 49.4. The molecule has 1 N–H and O–H groups in total. The third-order valence-electron chi connectivity index (χ3n) is 5.24. The molecule has 3 aromatic carbocycles. The number of ether oxygens (including phenoxy) is 1. The van der Waals surface area contributed by atoms with Crippen molar-refractivity contribution in [2.75, 3.05) is 11.8 Å². The molecule has 0 bridgehead atoms. The van der Waals surface area contributed by atoms with E-state index in [1.54, 1.807) is 24.3 Å². The molecule has 0 atom stereocenters. The van der Waals surface area contributed by atoms with Gasteiger partial charge in [0, 0.05) is 6.54 Å². The van der Waals surface area contributed by atoms with Gasteiger partial charge >= 0.3 is 0 Å². The number of halogens is 1. The topological polar surface area (TPSA) is 97.0 Å². The molecule has 34 heavy (non-hydrogen) atoms. The zero-order valence-electron chi connectivity index (χ0n) is 18.3. The van der Waals surface area contributed by atoms with Crippen molar-refractivity contribution in [1.29, 1.82) is 5.26 Å². The number of nitriles is 1. The number of benzene rings is 3. The molecule has 172 valence electrons. The largest absolute Gasteiger partial charge is 0.494 e. The van der Waals surface area contributed by atoms with E-state index in [1.807, 2.05) is 30.3 Å². The van der Waals surface area contributed by atoms with Crippen LogP contribution in [-0.4, -0.2) is 25.3 Å². The van der Waals surface area contributed by atoms with Crippen molar-refractivity contribution < 1.29 is 17.5 Å². The fraction of sp³-hybridized carbons (Fsp3) is 0.120. The van der Waals surface area contributed by atoms with Crippen LogP contribution in [-0.2, 0) is 23.0 Å². The Morgan fingerprint density at radius 2 is 1.74 bits per heavy atom. The maximum absolute atomic E-state index is 14.5. The Labute approximate surface area is 197 Å². The molecule has 0 aliphatic rings. The van der Waals surface area contributed by atoms with Crippen molar-refractivity contribution in [3.05, 3.63) is 95.9 Å². The third-order valence-corrected chi connectivity index (χ3v) is 6.59. The smallest absolute Gasteiger partial charge is 0.263 e. The predicted molar refractivity (Wildman–Crippen MR) is 126 cm³/mol. The Balaban J connectivity index is 1.80. The summed E-state index contributed by atoms with van der Waals surface area (Å²) in [7, 11) is -2.65. The third kappa shape index (κ3) is 4.77. The first kappa shape index (κ1) is 23.0. The monoisotopic (exact) mass is 476 g/mol. The second-order valence-electron chi connectivity index (χ2n) is 7.41. The van der Waals surface area contributed by atoms with Gasteiger partial charge in [0.05, 0.1) is 17.6 Å². The van der Waals surface area contributed by atoms with E-state index < -0.39 is 15.8 Å². The van der Waals surface area contributed by atoms with Gasteiger partial charge in [-0.2, -0.15) is 10.4 Å². The van der Waals surface area contributed by atoms with Gasteiger partial charge in [0.2, 0.25) is 0 Å². The average molecular weight is 477 g/mol. The van der Waals surface area contributed by atoms with Crippen LogP contribution in [0.3, 0.4) is 0 Å². The van der Waals surface area contributed by atoms with E-state index >= 15 is 0 Å². The number of sulfonamides is 1. The van der Waals surface area contributed by atoms with Gasteiger partial charge in [0.15, 0.2) is 17.4 Å². The van der Waals surface area contributed by atoms with Crippen LogP contribution in [0, 0.1) is 17.1 Å². The van der Waals surface area contributed by atoms with Crippen LogP contribution < -0.4 is 9.46 Å². The van der Waals surface area contributed by atoms with Crippen LogP contribution in [0.15, 0.2) is 83.8 Å². The number of aryl methyl sites for hydroxylation is 2. The molecular formula is C25H21FN4O3S. The molecule has 4 aromatic rings. The lowest BCUT2D eigenvalue weighted by Gasteiger charge is -2.09. The number of methoxy groups -OCH3 is 1. The van der Waals surface area contributed by atoms with Gasteiger partial charge in [-0.05, 0) is 41.8 Å². The first-order chi connectivity index (χ1) is 16.4. The van der Waals surface area contributed by atoms with Gasteiger partial charge in [-0.15, -0.1) is 0 Å². The predicted octanol–water partition coefficient (Wildman–Crippen LogP) is 4.61. The van der Waals surface area contributed by atoms with Crippen molar-refractivity contribution >= 4 is 15.8 Å². The molecule has 0 fully saturated rings. The molecule has 0 saturated heterocycles. The van der Waals surface area contributed by atoms with Gasteiger partial charge in [0.1, 0.15) is 11.8 Å². The molecule has 0 unspecified atom stereocenters. The van der Waals surface area contributed by atoms with Gasteiger partial charge in [-0.3, -0.25) is 9.40 Å². The Morgan fingerprint density at radius 1 is 1.06 bits per heavy atom. The molecular weight excluding hydrogens is 455 g/mol. The highest BCUT2D eigenvalue weighted by Gasteiger charge is 2.25. The van der Waals surface area contributed by atoms with E-state index in [2.05, 4.69) is 15.9 Å². The minimum atomic E-state index is -4.00. The number of hydrogen-bond donors (Lipinski definition) is 1. The van der Waals surface area contributed by atoms with Gasteiger partial charge in [-0.1, -0.05) is 54.6 Å². The van der Waals surface area contributed by atoms with Crippen molar-refractivity contribution in [2.45, 2.75) is 17.9 Å². The SMILES string of the molecule is COc1ccc(-c2c(NS(=O)(=O)c3ccccc3)nn(CCc3ccccc3)c2C#N)cc1F. The first-order valence-electron chi connectivity index (χ1n) is 10.4. The Bertz CT molecular complexity index is 1450. The Kier molecular flexibility index (Phi) is 6.61.